The maximum Gasteiger partial charge on any atom is 0.255 e. The van der Waals surface area contributed by atoms with E-state index in [0.29, 0.717) is 30.1 Å². The van der Waals surface area contributed by atoms with E-state index in [9.17, 15) is 14.9 Å². The van der Waals surface area contributed by atoms with Gasteiger partial charge in [0.1, 0.15) is 6.07 Å². The van der Waals surface area contributed by atoms with Crippen LogP contribution < -0.4 is 0 Å². The summed E-state index contributed by atoms with van der Waals surface area (Å²) in [6.45, 7) is 4.82. The Balaban J connectivity index is 1.87. The molecule has 1 saturated heterocycles. The lowest BCUT2D eigenvalue weighted by Crippen LogP contribution is -2.40. The molecular formula is C18H18ClN3O2. The van der Waals surface area contributed by atoms with Crippen molar-refractivity contribution < 1.29 is 9.59 Å². The zero-order chi connectivity index (χ0) is 17.5. The summed E-state index contributed by atoms with van der Waals surface area (Å²) in [7, 11) is 0. The topological polar surface area (TPSA) is 74.1 Å². The molecule has 1 fully saturated rings. The number of carbonyl (C=O) groups excluding carboxylic acids is 2. The van der Waals surface area contributed by atoms with Crippen molar-refractivity contribution in [1.82, 2.24) is 9.88 Å². The van der Waals surface area contributed by atoms with Gasteiger partial charge < -0.3 is 4.90 Å². The van der Waals surface area contributed by atoms with E-state index in [1.165, 1.54) is 12.4 Å². The molecule has 1 aromatic rings. The molecule has 1 amide bonds. The molecule has 3 rings (SSSR count). The SMILES string of the molecule is CC1(C)CC2(C=C(C#N)C1=O)CCN(C(=O)c1cncc(Cl)c1)C2. The predicted octanol–water partition coefficient (Wildman–Crippen LogP) is 3.02. The normalized spacial score (nSPS) is 25.5. The van der Waals surface area contributed by atoms with Crippen molar-refractivity contribution in [1.29, 1.82) is 5.26 Å². The Morgan fingerprint density at radius 2 is 2.17 bits per heavy atom. The minimum atomic E-state index is -0.587. The molecular weight excluding hydrogens is 326 g/mol. The van der Waals surface area contributed by atoms with Crippen molar-refractivity contribution in [3.05, 3.63) is 40.7 Å². The van der Waals surface area contributed by atoms with Gasteiger partial charge in [-0.05, 0) is 18.9 Å². The number of nitriles is 1. The summed E-state index contributed by atoms with van der Waals surface area (Å²) >= 11 is 5.91. The highest BCUT2D eigenvalue weighted by molar-refractivity contribution is 6.30. The van der Waals surface area contributed by atoms with Crippen molar-refractivity contribution in [2.75, 3.05) is 13.1 Å². The Morgan fingerprint density at radius 1 is 1.42 bits per heavy atom. The van der Waals surface area contributed by atoms with Gasteiger partial charge in [-0.25, -0.2) is 0 Å². The summed E-state index contributed by atoms with van der Waals surface area (Å²) in [4.78, 5) is 30.7. The molecule has 0 N–H and O–H groups in total. The minimum absolute atomic E-state index is 0.112. The minimum Gasteiger partial charge on any atom is -0.338 e. The van der Waals surface area contributed by atoms with Gasteiger partial charge in [0.15, 0.2) is 5.78 Å². The molecule has 1 unspecified atom stereocenters. The van der Waals surface area contributed by atoms with Crippen LogP contribution >= 0.6 is 11.6 Å². The Morgan fingerprint density at radius 3 is 2.83 bits per heavy atom. The number of pyridine rings is 1. The quantitative estimate of drug-likeness (QED) is 0.785. The van der Waals surface area contributed by atoms with Crippen LogP contribution in [0.3, 0.4) is 0 Å². The van der Waals surface area contributed by atoms with Crippen LogP contribution in [0.5, 0.6) is 0 Å². The fourth-order valence-electron chi connectivity index (χ4n) is 3.87. The standard InChI is InChI=1S/C18H18ClN3O2/c1-17(2)10-18(6-13(7-20)15(17)23)3-4-22(11-18)16(24)12-5-14(19)9-21-8-12/h5-6,8-9H,3-4,10-11H2,1-2H3. The highest BCUT2D eigenvalue weighted by atomic mass is 35.5. The van der Waals surface area contributed by atoms with Crippen molar-refractivity contribution >= 4 is 23.3 Å². The van der Waals surface area contributed by atoms with E-state index in [1.807, 2.05) is 19.9 Å². The number of nitrogens with zero attached hydrogens (tertiary/aromatic N) is 3. The number of halogens is 1. The molecule has 24 heavy (non-hydrogen) atoms. The number of amides is 1. The highest BCUT2D eigenvalue weighted by Gasteiger charge is 2.48. The molecule has 1 aromatic heterocycles. The van der Waals surface area contributed by atoms with Gasteiger partial charge in [0, 0.05) is 36.3 Å². The van der Waals surface area contributed by atoms with E-state index >= 15 is 0 Å². The second-order valence-electron chi connectivity index (χ2n) is 7.29. The molecule has 0 radical (unpaired) electrons. The van der Waals surface area contributed by atoms with Gasteiger partial charge in [-0.15, -0.1) is 0 Å². The molecule has 0 saturated carbocycles. The first-order valence-electron chi connectivity index (χ1n) is 7.84. The molecule has 6 heteroatoms. The molecule has 2 aliphatic rings. The number of allylic oxidation sites excluding steroid dienone is 1. The van der Waals surface area contributed by atoms with Crippen molar-refractivity contribution in [2.45, 2.75) is 26.7 Å². The number of ketones is 1. The van der Waals surface area contributed by atoms with Gasteiger partial charge >= 0.3 is 0 Å². The largest absolute Gasteiger partial charge is 0.338 e. The lowest BCUT2D eigenvalue weighted by atomic mass is 9.64. The Labute approximate surface area is 145 Å². The number of Topliss-reactive ketones (excluding diaryl/α,β-unsaturated/α-hetero) is 1. The fourth-order valence-corrected chi connectivity index (χ4v) is 4.05. The van der Waals surface area contributed by atoms with Gasteiger partial charge in [-0.1, -0.05) is 31.5 Å². The summed E-state index contributed by atoms with van der Waals surface area (Å²) in [6.07, 6.45) is 6.16. The van der Waals surface area contributed by atoms with E-state index in [2.05, 4.69) is 4.98 Å². The fraction of sp³-hybridized carbons (Fsp3) is 0.444. The van der Waals surface area contributed by atoms with Crippen LogP contribution in [0.4, 0.5) is 0 Å². The van der Waals surface area contributed by atoms with Crippen LogP contribution in [-0.4, -0.2) is 34.7 Å². The molecule has 1 spiro atoms. The van der Waals surface area contributed by atoms with Crippen molar-refractivity contribution in [2.24, 2.45) is 10.8 Å². The Bertz CT molecular complexity index is 794. The summed E-state index contributed by atoms with van der Waals surface area (Å²) in [6, 6.07) is 3.63. The van der Waals surface area contributed by atoms with Crippen molar-refractivity contribution in [3.63, 3.8) is 0 Å². The second kappa shape index (κ2) is 5.71. The van der Waals surface area contributed by atoms with Gasteiger partial charge in [0.25, 0.3) is 5.91 Å². The zero-order valence-electron chi connectivity index (χ0n) is 13.7. The zero-order valence-corrected chi connectivity index (χ0v) is 14.4. The molecule has 124 valence electrons. The molecule has 0 aromatic carbocycles. The summed E-state index contributed by atoms with van der Waals surface area (Å²) in [5, 5.41) is 9.70. The Kier molecular flexibility index (Phi) is 3.97. The first-order chi connectivity index (χ1) is 11.3. The van der Waals surface area contributed by atoms with Crippen LogP contribution in [-0.2, 0) is 4.79 Å². The van der Waals surface area contributed by atoms with Crippen LogP contribution in [0.1, 0.15) is 37.0 Å². The first-order valence-corrected chi connectivity index (χ1v) is 8.22. The molecule has 2 heterocycles. The van der Waals surface area contributed by atoms with E-state index in [0.717, 1.165) is 6.42 Å². The third-order valence-corrected chi connectivity index (χ3v) is 5.06. The number of carbonyl (C=O) groups is 2. The van der Waals surface area contributed by atoms with Gasteiger partial charge in [0.05, 0.1) is 16.2 Å². The van der Waals surface area contributed by atoms with E-state index in [-0.39, 0.29) is 22.7 Å². The number of hydrogen-bond acceptors (Lipinski definition) is 4. The first kappa shape index (κ1) is 16.7. The van der Waals surface area contributed by atoms with E-state index in [1.54, 1.807) is 17.0 Å². The molecule has 1 aliphatic heterocycles. The summed E-state index contributed by atoms with van der Waals surface area (Å²) in [5.74, 6) is -0.233. The molecule has 5 nitrogen and oxygen atoms in total. The summed E-state index contributed by atoms with van der Waals surface area (Å²) < 4.78 is 0. The van der Waals surface area contributed by atoms with Crippen LogP contribution in [0, 0.1) is 22.2 Å². The average Bonchev–Trinajstić information content (AvgIpc) is 2.93. The smallest absolute Gasteiger partial charge is 0.255 e. The monoisotopic (exact) mass is 343 g/mol. The lowest BCUT2D eigenvalue weighted by molar-refractivity contribution is -0.125. The van der Waals surface area contributed by atoms with Crippen molar-refractivity contribution in [3.8, 4) is 6.07 Å². The lowest BCUT2D eigenvalue weighted by Gasteiger charge is -2.38. The van der Waals surface area contributed by atoms with Crippen LogP contribution in [0.25, 0.3) is 0 Å². The second-order valence-corrected chi connectivity index (χ2v) is 7.73. The van der Waals surface area contributed by atoms with Crippen LogP contribution in [0.15, 0.2) is 30.1 Å². The molecule has 1 atom stereocenters. The molecule has 1 aliphatic carbocycles. The third kappa shape index (κ3) is 2.83. The number of likely N-dealkylation sites (tertiary alicyclic amines) is 1. The average molecular weight is 344 g/mol. The highest BCUT2D eigenvalue weighted by Crippen LogP contribution is 2.48. The van der Waals surface area contributed by atoms with Gasteiger partial charge in [-0.2, -0.15) is 5.26 Å². The van der Waals surface area contributed by atoms with Crippen LogP contribution in [0.2, 0.25) is 5.02 Å². The van der Waals surface area contributed by atoms with E-state index in [4.69, 9.17) is 11.6 Å². The summed E-state index contributed by atoms with van der Waals surface area (Å²) in [5.41, 5.74) is -0.235. The number of rotatable bonds is 1. The number of aromatic nitrogens is 1. The maximum absolute atomic E-state index is 12.7. The number of hydrogen-bond donors (Lipinski definition) is 0. The molecule has 0 bridgehead atoms. The van der Waals surface area contributed by atoms with Gasteiger partial charge in [0.2, 0.25) is 0 Å². The van der Waals surface area contributed by atoms with Gasteiger partial charge in [-0.3, -0.25) is 14.6 Å². The van der Waals surface area contributed by atoms with E-state index < -0.39 is 5.41 Å². The predicted molar refractivity (Wildman–Crippen MR) is 89.3 cm³/mol. The maximum atomic E-state index is 12.7. The Hall–Kier alpha value is -2.19. The third-order valence-electron chi connectivity index (χ3n) is 4.85.